The maximum atomic E-state index is 5.22. The quantitative estimate of drug-likeness (QED) is 0.115. The molecule has 0 spiro atoms. The molecule has 2 aromatic heterocycles. The van der Waals surface area contributed by atoms with Crippen molar-refractivity contribution in [2.75, 3.05) is 9.80 Å². The fourth-order valence-corrected chi connectivity index (χ4v) is 18.4. The first-order valence-corrected chi connectivity index (χ1v) is 37.8. The van der Waals surface area contributed by atoms with E-state index in [2.05, 4.69) is 398 Å². The zero-order chi connectivity index (χ0) is 72.3. The lowest BCUT2D eigenvalue weighted by Gasteiger charge is -2.27. The van der Waals surface area contributed by atoms with Gasteiger partial charge in [0, 0.05) is 57.7 Å². The van der Waals surface area contributed by atoms with Crippen LogP contribution < -0.4 is 9.80 Å². The molecule has 0 saturated heterocycles. The monoisotopic (exact) mass is 1390 g/mol. The highest BCUT2D eigenvalue weighted by atomic mass is 15.2. The van der Waals surface area contributed by atoms with Crippen LogP contribution in [0.1, 0.15) is 0 Å². The molecule has 0 atom stereocenters. The number of aromatic nitrogens is 2. The van der Waals surface area contributed by atoms with Crippen molar-refractivity contribution in [1.29, 1.82) is 0 Å². The van der Waals surface area contributed by atoms with Gasteiger partial charge < -0.3 is 9.80 Å². The molecule has 0 bridgehead atoms. The molecule has 20 aromatic rings. The van der Waals surface area contributed by atoms with Gasteiger partial charge in [-0.25, -0.2) is 0 Å². The van der Waals surface area contributed by atoms with Gasteiger partial charge in [-0.3, -0.25) is 9.97 Å². The van der Waals surface area contributed by atoms with E-state index in [4.69, 9.17) is 9.97 Å². The fraction of sp³-hybridized carbons (Fsp3) is 0. The van der Waals surface area contributed by atoms with E-state index < -0.39 is 0 Å². The second-order valence-corrected chi connectivity index (χ2v) is 28.9. The number of hydrogen-bond donors (Lipinski definition) is 0. The third kappa shape index (κ3) is 9.86. The number of hydrogen-bond acceptors (Lipinski definition) is 4. The predicted octanol–water partition coefficient (Wildman–Crippen LogP) is 29.3. The first-order chi connectivity index (χ1) is 54.6. The van der Waals surface area contributed by atoms with Crippen LogP contribution in [0.2, 0.25) is 0 Å². The highest BCUT2D eigenvalue weighted by molar-refractivity contribution is 6.31. The zero-order valence-corrected chi connectivity index (χ0v) is 59.9. The largest absolute Gasteiger partial charge is 0.310 e. The van der Waals surface area contributed by atoms with Crippen LogP contribution in [0.5, 0.6) is 0 Å². The molecular weight excluding hydrogens is 1330 g/mol. The molecule has 0 saturated carbocycles. The van der Waals surface area contributed by atoms with Crippen molar-refractivity contribution in [2.45, 2.75) is 0 Å². The van der Waals surface area contributed by atoms with E-state index in [0.29, 0.717) is 0 Å². The Bertz CT molecular complexity index is 7020. The van der Waals surface area contributed by atoms with Gasteiger partial charge >= 0.3 is 0 Å². The standard InChI is InChI=1S/C106H66N4/c1-7-28-67(29-8-1)96-84-46-19-20-47-85(84)97(68-30-9-2-10-31-68)104-89-59-57-79(82-49-24-51-87(100(82)89)102(96)104)72-37-21-44-77(62-72)109(75-40-15-5-16-41-75)94-53-26-48-81-92(65-107-66-93(81)94)74-55-56-86-91(64-74)99(70-34-13-4-14-35-70)105-90-60-58-80(83-50-25-52-88(101(83)90)103(105)98(86)69-32-11-3-12-33-69)73-38-22-45-78(63-73)110(76-42-17-6-18-43-76)95-54-23-36-71-39-27-61-108-106(71)95/h1-66H. The molecule has 0 N–H and O–H groups in total. The van der Waals surface area contributed by atoms with Crippen molar-refractivity contribution in [3.63, 3.8) is 0 Å². The Morgan fingerprint density at radius 3 is 1.07 bits per heavy atom. The summed E-state index contributed by atoms with van der Waals surface area (Å²) in [6, 6.07) is 141. The highest BCUT2D eigenvalue weighted by Gasteiger charge is 2.35. The van der Waals surface area contributed by atoms with Crippen molar-refractivity contribution < 1.29 is 0 Å². The maximum absolute atomic E-state index is 5.22. The lowest BCUT2D eigenvalue weighted by molar-refractivity contribution is 1.28. The maximum Gasteiger partial charge on any atom is 0.0942 e. The van der Waals surface area contributed by atoms with Crippen LogP contribution in [0.4, 0.5) is 34.1 Å². The molecule has 0 aliphatic heterocycles. The highest BCUT2D eigenvalue weighted by Crippen LogP contribution is 2.62. The first kappa shape index (κ1) is 62.8. The zero-order valence-electron chi connectivity index (χ0n) is 59.9. The Balaban J connectivity index is 0.693. The van der Waals surface area contributed by atoms with Gasteiger partial charge in [-0.1, -0.05) is 309 Å². The Morgan fingerprint density at radius 1 is 0.191 bits per heavy atom. The normalized spacial score (nSPS) is 11.8. The third-order valence-electron chi connectivity index (χ3n) is 23.0. The van der Waals surface area contributed by atoms with Crippen LogP contribution in [0.15, 0.2) is 401 Å². The molecule has 0 unspecified atom stereocenters. The number of benzene rings is 18. The van der Waals surface area contributed by atoms with Crippen LogP contribution in [-0.2, 0) is 0 Å². The van der Waals surface area contributed by atoms with E-state index in [1.807, 2.05) is 12.3 Å². The van der Waals surface area contributed by atoms with Crippen molar-refractivity contribution >= 4 is 98.9 Å². The van der Waals surface area contributed by atoms with Crippen LogP contribution in [0, 0.1) is 0 Å². The molecule has 0 radical (unpaired) electrons. The van der Waals surface area contributed by atoms with Gasteiger partial charge in [-0.05, 0) is 238 Å². The summed E-state index contributed by atoms with van der Waals surface area (Å²) in [5.41, 5.74) is 33.8. The SMILES string of the molecule is c1ccc(-c2c3c(c(-c4ccccc4)c4ccccc24)-c2ccc(-c4cccc(N(c5ccccc5)c5cccc6c(-c7ccc8c(-c9ccccc9)c9c(c(-c%10ccccc%10)c8c7)-c7ccc(-c8cccc(N(c%10ccccc%10)c%10cccc%11cccnc%10%11)c8)c8cccc-9c78)cncc56)c4)c4cccc-3c24)cc1. The van der Waals surface area contributed by atoms with Gasteiger partial charge in [0.25, 0.3) is 0 Å². The minimum atomic E-state index is 0.949. The first-order valence-electron chi connectivity index (χ1n) is 37.8. The molecule has 2 aliphatic carbocycles. The van der Waals surface area contributed by atoms with Crippen molar-refractivity contribution in [3.05, 3.63) is 401 Å². The van der Waals surface area contributed by atoms with Gasteiger partial charge in [0.2, 0.25) is 0 Å². The lowest BCUT2D eigenvalue weighted by Crippen LogP contribution is -2.10. The molecule has 18 aromatic carbocycles. The summed E-state index contributed by atoms with van der Waals surface area (Å²) in [5, 5.41) is 13.1. The van der Waals surface area contributed by atoms with E-state index >= 15 is 0 Å². The van der Waals surface area contributed by atoms with E-state index in [1.54, 1.807) is 0 Å². The van der Waals surface area contributed by atoms with Gasteiger partial charge in [-0.2, -0.15) is 0 Å². The lowest BCUT2D eigenvalue weighted by atomic mass is 9.81. The topological polar surface area (TPSA) is 32.3 Å². The minimum absolute atomic E-state index is 0.949. The van der Waals surface area contributed by atoms with Crippen molar-refractivity contribution in [1.82, 2.24) is 9.97 Å². The molecule has 4 heteroatoms. The van der Waals surface area contributed by atoms with Gasteiger partial charge in [0.05, 0.1) is 16.9 Å². The van der Waals surface area contributed by atoms with E-state index in [0.717, 1.165) is 83.6 Å². The van der Waals surface area contributed by atoms with E-state index in [-0.39, 0.29) is 0 Å². The molecular formula is C106H66N4. The third-order valence-corrected chi connectivity index (χ3v) is 23.0. The van der Waals surface area contributed by atoms with Gasteiger partial charge in [0.1, 0.15) is 0 Å². The van der Waals surface area contributed by atoms with Crippen LogP contribution in [0.3, 0.4) is 0 Å². The summed E-state index contributed by atoms with van der Waals surface area (Å²) in [6.45, 7) is 0. The molecule has 2 heterocycles. The summed E-state index contributed by atoms with van der Waals surface area (Å²) in [5.74, 6) is 0. The Morgan fingerprint density at radius 2 is 0.555 bits per heavy atom. The molecule has 510 valence electrons. The predicted molar refractivity (Wildman–Crippen MR) is 463 cm³/mol. The Kier molecular flexibility index (Phi) is 14.6. The molecule has 110 heavy (non-hydrogen) atoms. The number of nitrogens with zero attached hydrogens (tertiary/aromatic N) is 4. The second kappa shape index (κ2) is 25.6. The Labute approximate surface area is 637 Å². The molecule has 4 nitrogen and oxygen atoms in total. The molecule has 22 rings (SSSR count). The molecule has 2 aliphatic rings. The van der Waals surface area contributed by atoms with E-state index in [1.165, 1.54) is 138 Å². The fourth-order valence-electron chi connectivity index (χ4n) is 18.4. The van der Waals surface area contributed by atoms with Gasteiger partial charge in [0.15, 0.2) is 0 Å². The van der Waals surface area contributed by atoms with Crippen LogP contribution in [-0.4, -0.2) is 9.97 Å². The molecule has 0 fully saturated rings. The average molecular weight is 1400 g/mol. The van der Waals surface area contributed by atoms with Crippen LogP contribution >= 0.6 is 0 Å². The minimum Gasteiger partial charge on any atom is -0.310 e. The van der Waals surface area contributed by atoms with Gasteiger partial charge in [-0.15, -0.1) is 0 Å². The average Bonchev–Trinajstić information content (AvgIpc) is 1.53. The summed E-state index contributed by atoms with van der Waals surface area (Å²) in [7, 11) is 0. The number of pyridine rings is 2. The number of rotatable bonds is 13. The number of anilines is 6. The number of para-hydroxylation sites is 3. The van der Waals surface area contributed by atoms with Crippen molar-refractivity contribution in [2.24, 2.45) is 0 Å². The summed E-state index contributed by atoms with van der Waals surface area (Å²) < 4.78 is 0. The van der Waals surface area contributed by atoms with Crippen molar-refractivity contribution in [3.8, 4) is 122 Å². The Hall–Kier alpha value is -14.6. The van der Waals surface area contributed by atoms with Crippen LogP contribution in [0.25, 0.3) is 187 Å². The smallest absolute Gasteiger partial charge is 0.0942 e. The molecule has 0 amide bonds. The summed E-state index contributed by atoms with van der Waals surface area (Å²) in [6.07, 6.45) is 6.02. The number of fused-ring (bicyclic) bond motifs is 10. The summed E-state index contributed by atoms with van der Waals surface area (Å²) >= 11 is 0. The summed E-state index contributed by atoms with van der Waals surface area (Å²) in [4.78, 5) is 14.9. The second-order valence-electron chi connectivity index (χ2n) is 28.9. The van der Waals surface area contributed by atoms with E-state index in [9.17, 15) is 0 Å².